The molecule has 4 nitrogen and oxygen atoms in total. The van der Waals surface area contributed by atoms with Crippen LogP contribution in [0.1, 0.15) is 71.6 Å². The molecule has 0 aromatic rings. The van der Waals surface area contributed by atoms with E-state index in [-0.39, 0.29) is 0 Å². The second kappa shape index (κ2) is 13.8. The van der Waals surface area contributed by atoms with E-state index in [4.69, 9.17) is 11.5 Å². The van der Waals surface area contributed by atoms with Gasteiger partial charge >= 0.3 is 0 Å². The summed E-state index contributed by atoms with van der Waals surface area (Å²) in [6.45, 7) is 8.58. The first-order valence-electron chi connectivity index (χ1n) is 8.61. The van der Waals surface area contributed by atoms with Crippen LogP contribution >= 0.6 is 0 Å². The first-order valence-corrected chi connectivity index (χ1v) is 8.61. The number of nitrogens with two attached hydrogens (primary N) is 2. The Morgan fingerprint density at radius 1 is 0.650 bits per heavy atom. The molecule has 4 heteroatoms. The summed E-state index contributed by atoms with van der Waals surface area (Å²) in [7, 11) is 0. The summed E-state index contributed by atoms with van der Waals surface area (Å²) in [6.07, 6.45) is 10.7. The van der Waals surface area contributed by atoms with Gasteiger partial charge in [-0.2, -0.15) is 0 Å². The van der Waals surface area contributed by atoms with Crippen molar-refractivity contribution in [2.45, 2.75) is 77.3 Å². The minimum absolute atomic E-state index is 0.458. The van der Waals surface area contributed by atoms with E-state index in [1.165, 1.54) is 38.5 Å². The van der Waals surface area contributed by atoms with Crippen molar-refractivity contribution in [1.82, 2.24) is 10.6 Å². The highest BCUT2D eigenvalue weighted by atomic mass is 14.9. The van der Waals surface area contributed by atoms with Gasteiger partial charge in [-0.3, -0.25) is 0 Å². The van der Waals surface area contributed by atoms with Crippen molar-refractivity contribution in [2.75, 3.05) is 26.2 Å². The molecule has 0 aromatic carbocycles. The topological polar surface area (TPSA) is 76.1 Å². The maximum atomic E-state index is 6.14. The normalized spacial score (nSPS) is 12.0. The van der Waals surface area contributed by atoms with Crippen molar-refractivity contribution < 1.29 is 0 Å². The fraction of sp³-hybridized carbons (Fsp3) is 1.00. The van der Waals surface area contributed by atoms with Crippen molar-refractivity contribution in [1.29, 1.82) is 0 Å². The highest BCUT2D eigenvalue weighted by molar-refractivity contribution is 4.76. The molecule has 0 aromatic heterocycles. The zero-order valence-corrected chi connectivity index (χ0v) is 13.8. The number of hydrogen-bond acceptors (Lipinski definition) is 4. The van der Waals surface area contributed by atoms with Gasteiger partial charge < -0.3 is 22.1 Å². The van der Waals surface area contributed by atoms with Crippen LogP contribution in [-0.4, -0.2) is 31.8 Å². The quantitative estimate of drug-likeness (QED) is 0.275. The summed E-state index contributed by atoms with van der Waals surface area (Å²) in [5.41, 5.74) is 11.8. The summed E-state index contributed by atoms with van der Waals surface area (Å²) in [5, 5.41) is 6.67. The lowest BCUT2D eigenvalue weighted by atomic mass is 9.97. The molecule has 0 aliphatic carbocycles. The van der Waals surface area contributed by atoms with E-state index >= 15 is 0 Å². The molecule has 0 aliphatic heterocycles. The van der Waals surface area contributed by atoms with Gasteiger partial charge in [-0.25, -0.2) is 0 Å². The Bertz CT molecular complexity index is 195. The highest BCUT2D eigenvalue weighted by Crippen LogP contribution is 2.14. The third-order valence-electron chi connectivity index (χ3n) is 3.74. The molecule has 0 aliphatic rings. The van der Waals surface area contributed by atoms with Crippen molar-refractivity contribution in [3.8, 4) is 0 Å². The summed E-state index contributed by atoms with van der Waals surface area (Å²) < 4.78 is 0. The van der Waals surface area contributed by atoms with Gasteiger partial charge in [0.05, 0.1) is 5.66 Å². The number of rotatable bonds is 15. The van der Waals surface area contributed by atoms with E-state index in [0.717, 1.165) is 45.4 Å². The molecule has 0 saturated heterocycles. The number of nitrogens with one attached hydrogen (secondary N) is 2. The molecular formula is C16H38N4. The Hall–Kier alpha value is -0.160. The molecule has 122 valence electrons. The third kappa shape index (κ3) is 14.3. The average Bonchev–Trinajstić information content (AvgIpc) is 2.42. The van der Waals surface area contributed by atoms with Crippen LogP contribution in [0.2, 0.25) is 0 Å². The zero-order valence-electron chi connectivity index (χ0n) is 13.8. The molecule has 6 N–H and O–H groups in total. The summed E-state index contributed by atoms with van der Waals surface area (Å²) in [4.78, 5) is 0. The molecule has 0 unspecified atom stereocenters. The summed E-state index contributed by atoms with van der Waals surface area (Å²) in [6, 6.07) is 0. The van der Waals surface area contributed by atoms with Crippen LogP contribution in [0.3, 0.4) is 0 Å². The molecule has 0 heterocycles. The van der Waals surface area contributed by atoms with Crippen LogP contribution < -0.4 is 22.1 Å². The number of hydrogen-bond donors (Lipinski definition) is 4. The minimum Gasteiger partial charge on any atom is -0.317 e. The maximum Gasteiger partial charge on any atom is 0.0637 e. The van der Waals surface area contributed by atoms with Crippen molar-refractivity contribution in [2.24, 2.45) is 11.5 Å². The third-order valence-corrected chi connectivity index (χ3v) is 3.74. The van der Waals surface area contributed by atoms with Gasteiger partial charge in [-0.1, -0.05) is 46.0 Å². The second-order valence-electron chi connectivity index (χ2n) is 5.92. The lowest BCUT2D eigenvalue weighted by Gasteiger charge is -2.24. The van der Waals surface area contributed by atoms with Gasteiger partial charge in [0.2, 0.25) is 0 Å². The Labute approximate surface area is 126 Å². The first kappa shape index (κ1) is 19.8. The summed E-state index contributed by atoms with van der Waals surface area (Å²) in [5.74, 6) is 0. The van der Waals surface area contributed by atoms with E-state index < -0.39 is 5.66 Å². The van der Waals surface area contributed by atoms with Gasteiger partial charge in [0.25, 0.3) is 0 Å². The lowest BCUT2D eigenvalue weighted by molar-refractivity contribution is 0.349. The largest absolute Gasteiger partial charge is 0.317 e. The van der Waals surface area contributed by atoms with Crippen LogP contribution in [0.5, 0.6) is 0 Å². The minimum atomic E-state index is -0.458. The van der Waals surface area contributed by atoms with Crippen LogP contribution in [0.15, 0.2) is 0 Å². The highest BCUT2D eigenvalue weighted by Gasteiger charge is 2.17. The smallest absolute Gasteiger partial charge is 0.0637 e. The van der Waals surface area contributed by atoms with Crippen LogP contribution in [0.4, 0.5) is 0 Å². The van der Waals surface area contributed by atoms with E-state index in [1.807, 2.05) is 0 Å². The SMILES string of the molecule is CCNCCCCCCCCC(N)(N)CCCNCC. The van der Waals surface area contributed by atoms with Gasteiger partial charge in [0.1, 0.15) is 0 Å². The summed E-state index contributed by atoms with van der Waals surface area (Å²) >= 11 is 0. The van der Waals surface area contributed by atoms with Gasteiger partial charge in [0.15, 0.2) is 0 Å². The molecular weight excluding hydrogens is 248 g/mol. The predicted octanol–water partition coefficient (Wildman–Crippen LogP) is 2.33. The van der Waals surface area contributed by atoms with Crippen molar-refractivity contribution >= 4 is 0 Å². The van der Waals surface area contributed by atoms with Gasteiger partial charge in [0, 0.05) is 0 Å². The Morgan fingerprint density at radius 2 is 1.10 bits per heavy atom. The van der Waals surface area contributed by atoms with E-state index in [1.54, 1.807) is 0 Å². The lowest BCUT2D eigenvalue weighted by Crippen LogP contribution is -2.49. The maximum absolute atomic E-state index is 6.14. The van der Waals surface area contributed by atoms with Crippen LogP contribution in [0, 0.1) is 0 Å². The molecule has 0 bridgehead atoms. The van der Waals surface area contributed by atoms with Crippen molar-refractivity contribution in [3.05, 3.63) is 0 Å². The molecule has 0 atom stereocenters. The van der Waals surface area contributed by atoms with Gasteiger partial charge in [-0.15, -0.1) is 0 Å². The second-order valence-corrected chi connectivity index (χ2v) is 5.92. The molecule has 0 amide bonds. The van der Waals surface area contributed by atoms with E-state index in [2.05, 4.69) is 24.5 Å². The Kier molecular flexibility index (Phi) is 13.7. The number of unbranched alkanes of at least 4 members (excludes halogenated alkanes) is 5. The molecule has 0 spiro atoms. The molecule has 0 rings (SSSR count). The monoisotopic (exact) mass is 286 g/mol. The van der Waals surface area contributed by atoms with Crippen molar-refractivity contribution in [3.63, 3.8) is 0 Å². The standard InChI is InChI=1S/C16H38N4/c1-3-19-14-10-8-6-5-7-9-12-16(17,18)13-11-15-20-4-2/h19-20H,3-15,17-18H2,1-2H3. The molecule has 0 saturated carbocycles. The fourth-order valence-corrected chi connectivity index (χ4v) is 2.43. The van der Waals surface area contributed by atoms with Crippen LogP contribution in [0.25, 0.3) is 0 Å². The average molecular weight is 287 g/mol. The molecule has 20 heavy (non-hydrogen) atoms. The fourth-order valence-electron chi connectivity index (χ4n) is 2.43. The predicted molar refractivity (Wildman–Crippen MR) is 89.7 cm³/mol. The molecule has 0 fully saturated rings. The Balaban J connectivity index is 3.30. The van der Waals surface area contributed by atoms with Crippen LogP contribution in [-0.2, 0) is 0 Å². The zero-order chi connectivity index (χ0) is 15.1. The Morgan fingerprint density at radius 3 is 1.70 bits per heavy atom. The first-order chi connectivity index (χ1) is 9.62. The molecule has 0 radical (unpaired) electrons. The van der Waals surface area contributed by atoms with E-state index in [0.29, 0.717) is 0 Å². The van der Waals surface area contributed by atoms with Gasteiger partial charge in [-0.05, 0) is 51.9 Å². The van der Waals surface area contributed by atoms with E-state index in [9.17, 15) is 0 Å².